The van der Waals surface area contributed by atoms with Crippen LogP contribution in [0.5, 0.6) is 0 Å². The Balaban J connectivity index is 4.50. The Morgan fingerprint density at radius 3 is 1.94 bits per heavy atom. The van der Waals surface area contributed by atoms with Crippen LogP contribution in [0.4, 0.5) is 0 Å². The molecule has 0 heterocycles. The van der Waals surface area contributed by atoms with Crippen molar-refractivity contribution < 1.29 is 13.2 Å². The van der Waals surface area contributed by atoms with E-state index in [1.54, 1.807) is 0 Å². The van der Waals surface area contributed by atoms with Crippen LogP contribution < -0.4 is 0 Å². The van der Waals surface area contributed by atoms with Crippen molar-refractivity contribution in [3.05, 3.63) is 0 Å². The molecule has 0 saturated carbocycles. The number of hydrogen-bond acceptors (Lipinski definition) is 3. The first-order chi connectivity index (χ1) is 7.13. The van der Waals surface area contributed by atoms with Crippen LogP contribution >= 0.6 is 0 Å². The van der Waals surface area contributed by atoms with Crippen molar-refractivity contribution in [2.24, 2.45) is 17.8 Å². The molecule has 0 aliphatic heterocycles. The first-order valence-corrected chi connectivity index (χ1v) is 7.91. The van der Waals surface area contributed by atoms with E-state index in [-0.39, 0.29) is 23.4 Å². The number of sulfone groups is 1. The van der Waals surface area contributed by atoms with Gasteiger partial charge in [0.1, 0.15) is 15.6 Å². The zero-order chi connectivity index (χ0) is 12.9. The lowest BCUT2D eigenvalue weighted by molar-refractivity contribution is -0.126. The Morgan fingerprint density at radius 1 is 1.12 bits per heavy atom. The molecular formula is C12H24O3S. The van der Waals surface area contributed by atoms with Crippen molar-refractivity contribution in [2.45, 2.75) is 40.5 Å². The second kappa shape index (κ2) is 6.38. The number of carbonyl (C=O) groups is 1. The van der Waals surface area contributed by atoms with Gasteiger partial charge < -0.3 is 0 Å². The topological polar surface area (TPSA) is 51.2 Å². The maximum atomic E-state index is 11.9. The van der Waals surface area contributed by atoms with Gasteiger partial charge in [-0.25, -0.2) is 8.42 Å². The third-order valence-electron chi connectivity index (χ3n) is 2.56. The third kappa shape index (κ3) is 6.99. The molecular weight excluding hydrogens is 224 g/mol. The SMILES string of the molecule is CC(C)CC(CCS(C)(=O)=O)C(=O)C(C)C. The molecule has 0 bridgehead atoms. The highest BCUT2D eigenvalue weighted by molar-refractivity contribution is 7.90. The van der Waals surface area contributed by atoms with Gasteiger partial charge >= 0.3 is 0 Å². The fourth-order valence-electron chi connectivity index (χ4n) is 1.77. The molecule has 0 aliphatic carbocycles. The lowest BCUT2D eigenvalue weighted by atomic mass is 9.86. The largest absolute Gasteiger partial charge is 0.299 e. The van der Waals surface area contributed by atoms with Gasteiger partial charge in [-0.2, -0.15) is 0 Å². The van der Waals surface area contributed by atoms with Crippen molar-refractivity contribution in [3.8, 4) is 0 Å². The molecule has 96 valence electrons. The van der Waals surface area contributed by atoms with Crippen LogP contribution in [0.2, 0.25) is 0 Å². The molecule has 4 heteroatoms. The summed E-state index contributed by atoms with van der Waals surface area (Å²) in [6.07, 6.45) is 2.47. The number of Topliss-reactive ketones (excluding diaryl/α,β-unsaturated/α-hetero) is 1. The summed E-state index contributed by atoms with van der Waals surface area (Å²) in [5, 5.41) is 0. The summed E-state index contributed by atoms with van der Waals surface area (Å²) in [6.45, 7) is 7.86. The Kier molecular flexibility index (Phi) is 6.23. The van der Waals surface area contributed by atoms with E-state index in [2.05, 4.69) is 13.8 Å². The Hall–Kier alpha value is -0.380. The van der Waals surface area contributed by atoms with Crippen LogP contribution in [-0.2, 0) is 14.6 Å². The molecule has 1 unspecified atom stereocenters. The molecule has 0 fully saturated rings. The second-order valence-corrected chi connectivity index (χ2v) is 7.56. The van der Waals surface area contributed by atoms with Crippen LogP contribution in [0.15, 0.2) is 0 Å². The van der Waals surface area contributed by atoms with Gasteiger partial charge in [-0.15, -0.1) is 0 Å². The van der Waals surface area contributed by atoms with Gasteiger partial charge in [0, 0.05) is 18.1 Å². The summed E-state index contributed by atoms with van der Waals surface area (Å²) >= 11 is 0. The van der Waals surface area contributed by atoms with E-state index in [1.807, 2.05) is 13.8 Å². The maximum Gasteiger partial charge on any atom is 0.147 e. The summed E-state index contributed by atoms with van der Waals surface area (Å²) in [5.74, 6) is 0.616. The van der Waals surface area contributed by atoms with E-state index in [0.29, 0.717) is 12.3 Å². The molecule has 0 spiro atoms. The predicted octanol–water partition coefficient (Wildman–Crippen LogP) is 2.31. The number of rotatable bonds is 7. The average molecular weight is 248 g/mol. The van der Waals surface area contributed by atoms with E-state index in [4.69, 9.17) is 0 Å². The smallest absolute Gasteiger partial charge is 0.147 e. The summed E-state index contributed by atoms with van der Waals surface area (Å²) in [7, 11) is -2.97. The van der Waals surface area contributed by atoms with Gasteiger partial charge in [-0.1, -0.05) is 27.7 Å². The molecule has 0 saturated heterocycles. The number of hydrogen-bond donors (Lipinski definition) is 0. The average Bonchev–Trinajstić information content (AvgIpc) is 2.08. The highest BCUT2D eigenvalue weighted by atomic mass is 32.2. The maximum absolute atomic E-state index is 11.9. The summed E-state index contributed by atoms with van der Waals surface area (Å²) in [6, 6.07) is 0. The molecule has 0 aromatic rings. The summed E-state index contributed by atoms with van der Waals surface area (Å²) in [4.78, 5) is 11.9. The predicted molar refractivity (Wildman–Crippen MR) is 67.1 cm³/mol. The number of ketones is 1. The highest BCUT2D eigenvalue weighted by Gasteiger charge is 2.23. The normalized spacial score (nSPS) is 14.4. The van der Waals surface area contributed by atoms with Crippen molar-refractivity contribution in [2.75, 3.05) is 12.0 Å². The highest BCUT2D eigenvalue weighted by Crippen LogP contribution is 2.20. The van der Waals surface area contributed by atoms with Crippen LogP contribution in [0, 0.1) is 17.8 Å². The van der Waals surface area contributed by atoms with Gasteiger partial charge in [0.15, 0.2) is 0 Å². The quantitative estimate of drug-likeness (QED) is 0.694. The van der Waals surface area contributed by atoms with Crippen LogP contribution in [0.1, 0.15) is 40.5 Å². The van der Waals surface area contributed by atoms with Crippen LogP contribution in [-0.4, -0.2) is 26.2 Å². The molecule has 3 nitrogen and oxygen atoms in total. The van der Waals surface area contributed by atoms with Crippen LogP contribution in [0.3, 0.4) is 0 Å². The standard InChI is InChI=1S/C12H24O3S/c1-9(2)8-11(12(13)10(3)4)6-7-16(5,14)15/h9-11H,6-8H2,1-5H3. The lowest BCUT2D eigenvalue weighted by Crippen LogP contribution is -2.24. The monoisotopic (exact) mass is 248 g/mol. The van der Waals surface area contributed by atoms with E-state index < -0.39 is 9.84 Å². The van der Waals surface area contributed by atoms with Gasteiger partial charge in [-0.05, 0) is 18.8 Å². The molecule has 1 atom stereocenters. The molecule has 0 amide bonds. The summed E-state index contributed by atoms with van der Waals surface area (Å²) in [5.41, 5.74) is 0. The van der Waals surface area contributed by atoms with Gasteiger partial charge in [0.05, 0.1) is 5.75 Å². The van der Waals surface area contributed by atoms with E-state index in [0.717, 1.165) is 6.42 Å². The zero-order valence-corrected chi connectivity index (χ0v) is 11.8. The minimum Gasteiger partial charge on any atom is -0.299 e. The molecule has 0 aliphatic rings. The van der Waals surface area contributed by atoms with E-state index in [9.17, 15) is 13.2 Å². The second-order valence-electron chi connectivity index (χ2n) is 5.30. The van der Waals surface area contributed by atoms with Gasteiger partial charge in [0.2, 0.25) is 0 Å². The minimum atomic E-state index is -2.97. The minimum absolute atomic E-state index is 0.0108. The first kappa shape index (κ1) is 15.6. The Bertz CT molecular complexity index is 315. The zero-order valence-electron chi connectivity index (χ0n) is 11.0. The van der Waals surface area contributed by atoms with Crippen molar-refractivity contribution in [1.82, 2.24) is 0 Å². The van der Waals surface area contributed by atoms with E-state index in [1.165, 1.54) is 6.26 Å². The van der Waals surface area contributed by atoms with Gasteiger partial charge in [-0.3, -0.25) is 4.79 Å². The number of carbonyl (C=O) groups excluding carboxylic acids is 1. The van der Waals surface area contributed by atoms with Crippen molar-refractivity contribution in [1.29, 1.82) is 0 Å². The van der Waals surface area contributed by atoms with Gasteiger partial charge in [0.25, 0.3) is 0 Å². The molecule has 0 aromatic carbocycles. The molecule has 0 N–H and O–H groups in total. The molecule has 0 rings (SSSR count). The lowest BCUT2D eigenvalue weighted by Gasteiger charge is -2.19. The third-order valence-corrected chi connectivity index (χ3v) is 3.54. The van der Waals surface area contributed by atoms with E-state index >= 15 is 0 Å². The Morgan fingerprint density at radius 2 is 1.62 bits per heavy atom. The Labute approximate surface area is 99.5 Å². The molecule has 16 heavy (non-hydrogen) atoms. The fraction of sp³-hybridized carbons (Fsp3) is 0.917. The molecule has 0 aromatic heterocycles. The summed E-state index contributed by atoms with van der Waals surface area (Å²) < 4.78 is 22.2. The first-order valence-electron chi connectivity index (χ1n) is 5.85. The van der Waals surface area contributed by atoms with Crippen molar-refractivity contribution in [3.63, 3.8) is 0 Å². The van der Waals surface area contributed by atoms with Crippen molar-refractivity contribution >= 4 is 15.6 Å². The molecule has 0 radical (unpaired) electrons. The fourth-order valence-corrected chi connectivity index (χ4v) is 2.49. The van der Waals surface area contributed by atoms with Crippen LogP contribution in [0.25, 0.3) is 0 Å².